The van der Waals surface area contributed by atoms with Gasteiger partial charge < -0.3 is 10.6 Å². The standard InChI is InChI=1S/C15H24N2O/c1-4-13(5-2)17-14-9-7-12(8-10-14)11-15(18)16-6-3/h7-10,13,17H,4-6,11H2,1-3H3,(H,16,18). The van der Waals surface area contributed by atoms with Crippen LogP contribution in [-0.2, 0) is 11.2 Å². The van der Waals surface area contributed by atoms with Crippen LogP contribution in [0, 0.1) is 0 Å². The van der Waals surface area contributed by atoms with Crippen LogP contribution in [0.1, 0.15) is 39.2 Å². The quantitative estimate of drug-likeness (QED) is 0.779. The van der Waals surface area contributed by atoms with Gasteiger partial charge in [0.05, 0.1) is 6.42 Å². The number of benzene rings is 1. The maximum absolute atomic E-state index is 11.4. The highest BCUT2D eigenvalue weighted by molar-refractivity contribution is 5.78. The first-order valence-electron chi connectivity index (χ1n) is 6.81. The number of likely N-dealkylation sites (N-methyl/N-ethyl adjacent to an activating group) is 1. The molecule has 0 aliphatic carbocycles. The van der Waals surface area contributed by atoms with E-state index in [0.29, 0.717) is 19.0 Å². The molecule has 0 saturated heterocycles. The lowest BCUT2D eigenvalue weighted by molar-refractivity contribution is -0.120. The van der Waals surface area contributed by atoms with Crippen molar-refractivity contribution < 1.29 is 4.79 Å². The topological polar surface area (TPSA) is 41.1 Å². The predicted octanol–water partition coefficient (Wildman–Crippen LogP) is 2.97. The Balaban J connectivity index is 2.54. The molecule has 0 saturated carbocycles. The van der Waals surface area contributed by atoms with Crippen molar-refractivity contribution in [1.29, 1.82) is 0 Å². The highest BCUT2D eigenvalue weighted by Gasteiger charge is 2.04. The lowest BCUT2D eigenvalue weighted by Gasteiger charge is -2.16. The zero-order valence-electron chi connectivity index (χ0n) is 11.6. The Morgan fingerprint density at radius 2 is 1.72 bits per heavy atom. The highest BCUT2D eigenvalue weighted by Crippen LogP contribution is 2.13. The summed E-state index contributed by atoms with van der Waals surface area (Å²) in [6.45, 7) is 6.99. The first-order chi connectivity index (χ1) is 8.69. The number of carbonyl (C=O) groups excluding carboxylic acids is 1. The van der Waals surface area contributed by atoms with E-state index in [1.165, 1.54) is 0 Å². The molecule has 0 fully saturated rings. The summed E-state index contributed by atoms with van der Waals surface area (Å²) in [4.78, 5) is 11.4. The fourth-order valence-electron chi connectivity index (χ4n) is 1.89. The van der Waals surface area contributed by atoms with Gasteiger partial charge in [0.2, 0.25) is 5.91 Å². The Morgan fingerprint density at radius 1 is 1.11 bits per heavy atom. The number of carbonyl (C=O) groups is 1. The van der Waals surface area contributed by atoms with Gasteiger partial charge in [-0.05, 0) is 37.5 Å². The molecule has 1 amide bonds. The molecule has 0 unspecified atom stereocenters. The number of hydrogen-bond donors (Lipinski definition) is 2. The van der Waals surface area contributed by atoms with E-state index in [4.69, 9.17) is 0 Å². The SMILES string of the molecule is CCNC(=O)Cc1ccc(NC(CC)CC)cc1. The summed E-state index contributed by atoms with van der Waals surface area (Å²) in [7, 11) is 0. The van der Waals surface area contributed by atoms with Gasteiger partial charge in [0.25, 0.3) is 0 Å². The average molecular weight is 248 g/mol. The van der Waals surface area contributed by atoms with E-state index in [-0.39, 0.29) is 5.91 Å². The van der Waals surface area contributed by atoms with Crippen LogP contribution in [0.25, 0.3) is 0 Å². The van der Waals surface area contributed by atoms with E-state index in [1.54, 1.807) is 0 Å². The van der Waals surface area contributed by atoms with E-state index >= 15 is 0 Å². The van der Waals surface area contributed by atoms with Crippen LogP contribution in [0.2, 0.25) is 0 Å². The van der Waals surface area contributed by atoms with E-state index < -0.39 is 0 Å². The molecule has 0 bridgehead atoms. The van der Waals surface area contributed by atoms with Gasteiger partial charge in [0.1, 0.15) is 0 Å². The molecule has 0 heterocycles. The van der Waals surface area contributed by atoms with Crippen LogP contribution in [0.15, 0.2) is 24.3 Å². The second-order valence-electron chi connectivity index (χ2n) is 4.48. The van der Waals surface area contributed by atoms with Crippen molar-refractivity contribution in [3.63, 3.8) is 0 Å². The number of anilines is 1. The largest absolute Gasteiger partial charge is 0.382 e. The molecule has 18 heavy (non-hydrogen) atoms. The number of amides is 1. The van der Waals surface area contributed by atoms with E-state index in [1.807, 2.05) is 31.2 Å². The zero-order chi connectivity index (χ0) is 13.4. The fourth-order valence-corrected chi connectivity index (χ4v) is 1.89. The molecule has 3 heteroatoms. The minimum absolute atomic E-state index is 0.0817. The first-order valence-corrected chi connectivity index (χ1v) is 6.81. The van der Waals surface area contributed by atoms with Crippen molar-refractivity contribution in [2.75, 3.05) is 11.9 Å². The Bertz CT molecular complexity index is 355. The molecular weight excluding hydrogens is 224 g/mol. The summed E-state index contributed by atoms with van der Waals surface area (Å²) in [6, 6.07) is 8.65. The second-order valence-corrected chi connectivity index (χ2v) is 4.48. The maximum atomic E-state index is 11.4. The fraction of sp³-hybridized carbons (Fsp3) is 0.533. The Labute approximate surface area is 110 Å². The van der Waals surface area contributed by atoms with Crippen LogP contribution < -0.4 is 10.6 Å². The van der Waals surface area contributed by atoms with Crippen LogP contribution >= 0.6 is 0 Å². The monoisotopic (exact) mass is 248 g/mol. The number of rotatable bonds is 7. The van der Waals surface area contributed by atoms with E-state index in [2.05, 4.69) is 24.5 Å². The van der Waals surface area contributed by atoms with E-state index in [0.717, 1.165) is 24.1 Å². The molecule has 0 aliphatic rings. The predicted molar refractivity (Wildman–Crippen MR) is 76.8 cm³/mol. The van der Waals surface area contributed by atoms with Crippen molar-refractivity contribution in [2.24, 2.45) is 0 Å². The van der Waals surface area contributed by atoms with Crippen LogP contribution in [0.3, 0.4) is 0 Å². The minimum Gasteiger partial charge on any atom is -0.382 e. The summed E-state index contributed by atoms with van der Waals surface area (Å²) in [5.41, 5.74) is 2.18. The molecule has 3 nitrogen and oxygen atoms in total. The first kappa shape index (κ1) is 14.6. The van der Waals surface area contributed by atoms with Crippen molar-refractivity contribution in [2.45, 2.75) is 46.1 Å². The molecule has 0 aliphatic heterocycles. The maximum Gasteiger partial charge on any atom is 0.224 e. The molecule has 1 aromatic rings. The molecule has 0 aromatic heterocycles. The summed E-state index contributed by atoms with van der Waals surface area (Å²) in [5.74, 6) is 0.0817. The summed E-state index contributed by atoms with van der Waals surface area (Å²) in [6.07, 6.45) is 2.70. The molecule has 0 spiro atoms. The normalized spacial score (nSPS) is 10.4. The zero-order valence-corrected chi connectivity index (χ0v) is 11.6. The summed E-state index contributed by atoms with van der Waals surface area (Å²) < 4.78 is 0. The van der Waals surface area contributed by atoms with Gasteiger partial charge in [-0.15, -0.1) is 0 Å². The Hall–Kier alpha value is -1.51. The van der Waals surface area contributed by atoms with Gasteiger partial charge in [-0.3, -0.25) is 4.79 Å². The molecule has 1 rings (SSSR count). The van der Waals surface area contributed by atoms with Crippen molar-refractivity contribution in [3.05, 3.63) is 29.8 Å². The highest BCUT2D eigenvalue weighted by atomic mass is 16.1. The Kier molecular flexibility index (Phi) is 6.26. The second kappa shape index (κ2) is 7.75. The number of hydrogen-bond acceptors (Lipinski definition) is 2. The van der Waals surface area contributed by atoms with Gasteiger partial charge in [0, 0.05) is 18.3 Å². The van der Waals surface area contributed by atoms with Crippen molar-refractivity contribution in [1.82, 2.24) is 5.32 Å². The lowest BCUT2D eigenvalue weighted by Crippen LogP contribution is -2.24. The third-order valence-electron chi connectivity index (χ3n) is 3.05. The lowest BCUT2D eigenvalue weighted by atomic mass is 10.1. The summed E-state index contributed by atoms with van der Waals surface area (Å²) >= 11 is 0. The van der Waals surface area contributed by atoms with Gasteiger partial charge in [-0.25, -0.2) is 0 Å². The van der Waals surface area contributed by atoms with Crippen LogP contribution in [-0.4, -0.2) is 18.5 Å². The third kappa shape index (κ3) is 4.78. The van der Waals surface area contributed by atoms with Gasteiger partial charge in [-0.1, -0.05) is 26.0 Å². The third-order valence-corrected chi connectivity index (χ3v) is 3.05. The molecular formula is C15H24N2O. The average Bonchev–Trinajstić information content (AvgIpc) is 2.38. The van der Waals surface area contributed by atoms with E-state index in [9.17, 15) is 4.79 Å². The number of nitrogens with one attached hydrogen (secondary N) is 2. The van der Waals surface area contributed by atoms with Crippen molar-refractivity contribution in [3.8, 4) is 0 Å². The van der Waals surface area contributed by atoms with Gasteiger partial charge in [0.15, 0.2) is 0 Å². The van der Waals surface area contributed by atoms with Crippen LogP contribution in [0.5, 0.6) is 0 Å². The molecule has 1 aromatic carbocycles. The van der Waals surface area contributed by atoms with Crippen LogP contribution in [0.4, 0.5) is 5.69 Å². The summed E-state index contributed by atoms with van der Waals surface area (Å²) in [5, 5.41) is 6.29. The molecule has 0 atom stereocenters. The Morgan fingerprint density at radius 3 is 2.22 bits per heavy atom. The molecule has 100 valence electrons. The van der Waals surface area contributed by atoms with Gasteiger partial charge >= 0.3 is 0 Å². The smallest absolute Gasteiger partial charge is 0.224 e. The van der Waals surface area contributed by atoms with Gasteiger partial charge in [-0.2, -0.15) is 0 Å². The van der Waals surface area contributed by atoms with Crippen molar-refractivity contribution >= 4 is 11.6 Å². The minimum atomic E-state index is 0.0817. The molecule has 0 radical (unpaired) electrons. The molecule has 2 N–H and O–H groups in total.